The van der Waals surface area contributed by atoms with Crippen LogP contribution in [-0.2, 0) is 6.18 Å². The molecule has 6 heteroatoms. The van der Waals surface area contributed by atoms with Crippen LogP contribution in [0.5, 0.6) is 0 Å². The fraction of sp³-hybridized carbons (Fsp3) is 0.154. The van der Waals surface area contributed by atoms with Crippen molar-refractivity contribution in [3.8, 4) is 0 Å². The van der Waals surface area contributed by atoms with E-state index in [1.807, 2.05) is 0 Å². The van der Waals surface area contributed by atoms with E-state index in [0.29, 0.717) is 0 Å². The molecule has 0 amide bonds. The highest BCUT2D eigenvalue weighted by molar-refractivity contribution is 5.32. The second-order valence-electron chi connectivity index (χ2n) is 3.90. The smallest absolute Gasteiger partial charge is 0.380 e. The second kappa shape index (κ2) is 4.89. The summed E-state index contributed by atoms with van der Waals surface area (Å²) in [6, 6.07) is 4.54. The number of halogens is 3. The van der Waals surface area contributed by atoms with Gasteiger partial charge in [-0.25, -0.2) is 4.98 Å². The largest absolute Gasteiger partial charge is 0.416 e. The second-order valence-corrected chi connectivity index (χ2v) is 3.90. The van der Waals surface area contributed by atoms with Gasteiger partial charge in [-0.05, 0) is 17.7 Å². The van der Waals surface area contributed by atoms with Gasteiger partial charge in [-0.1, -0.05) is 18.7 Å². The molecule has 0 radical (unpaired) electrons. The summed E-state index contributed by atoms with van der Waals surface area (Å²) in [5.74, 6) is 0.217. The number of alkyl halides is 3. The minimum Gasteiger partial charge on any atom is -0.380 e. The number of rotatable bonds is 3. The fourth-order valence-electron chi connectivity index (χ4n) is 1.72. The Labute approximate surface area is 107 Å². The Balaban J connectivity index is 2.39. The van der Waals surface area contributed by atoms with E-state index in [1.165, 1.54) is 29.1 Å². The molecule has 0 spiro atoms. The number of hydrogen-bond acceptors (Lipinski definition) is 2. The maximum Gasteiger partial charge on any atom is 0.416 e. The molecule has 1 N–H and O–H groups in total. The van der Waals surface area contributed by atoms with Gasteiger partial charge in [0.1, 0.15) is 11.9 Å². The monoisotopic (exact) mass is 268 g/mol. The van der Waals surface area contributed by atoms with E-state index in [9.17, 15) is 18.3 Å². The van der Waals surface area contributed by atoms with Crippen LogP contribution in [0.4, 0.5) is 13.2 Å². The van der Waals surface area contributed by atoms with Gasteiger partial charge in [0.25, 0.3) is 0 Å². The highest BCUT2D eigenvalue weighted by Crippen LogP contribution is 2.31. The van der Waals surface area contributed by atoms with E-state index >= 15 is 0 Å². The first-order valence-corrected chi connectivity index (χ1v) is 5.44. The van der Waals surface area contributed by atoms with Gasteiger partial charge >= 0.3 is 6.18 Å². The number of hydrogen-bond donors (Lipinski definition) is 1. The van der Waals surface area contributed by atoms with Crippen molar-refractivity contribution < 1.29 is 18.3 Å². The van der Waals surface area contributed by atoms with Crippen LogP contribution in [-0.4, -0.2) is 14.7 Å². The summed E-state index contributed by atoms with van der Waals surface area (Å²) in [7, 11) is 0. The van der Waals surface area contributed by atoms with Crippen molar-refractivity contribution >= 4 is 6.20 Å². The highest BCUT2D eigenvalue weighted by Gasteiger charge is 2.31. The van der Waals surface area contributed by atoms with Gasteiger partial charge in [0.15, 0.2) is 0 Å². The van der Waals surface area contributed by atoms with E-state index in [2.05, 4.69) is 11.6 Å². The third kappa shape index (κ3) is 2.68. The lowest BCUT2D eigenvalue weighted by Gasteiger charge is -2.13. The lowest BCUT2D eigenvalue weighted by atomic mass is 10.1. The molecule has 1 heterocycles. The molecular weight excluding hydrogens is 257 g/mol. The molecule has 0 saturated heterocycles. The summed E-state index contributed by atoms with van der Waals surface area (Å²) in [4.78, 5) is 3.92. The molecule has 0 aliphatic carbocycles. The summed E-state index contributed by atoms with van der Waals surface area (Å²) in [5, 5.41) is 10.1. The molecule has 1 unspecified atom stereocenters. The van der Waals surface area contributed by atoms with Crippen molar-refractivity contribution in [1.82, 2.24) is 9.55 Å². The summed E-state index contributed by atoms with van der Waals surface area (Å²) < 4.78 is 39.3. The number of aromatic nitrogens is 2. The molecule has 0 saturated carbocycles. The molecule has 19 heavy (non-hydrogen) atoms. The third-order valence-electron chi connectivity index (χ3n) is 2.67. The SMILES string of the molecule is C=Cn1ccnc1C(O)c1cccc(C(F)(F)F)c1. The molecule has 0 bridgehead atoms. The van der Waals surface area contributed by atoms with Crippen LogP contribution >= 0.6 is 0 Å². The first-order valence-electron chi connectivity index (χ1n) is 5.44. The quantitative estimate of drug-likeness (QED) is 0.929. The standard InChI is InChI=1S/C13H11F3N2O/c1-2-18-7-6-17-12(18)11(19)9-4-3-5-10(8-9)13(14,15)16/h2-8,11,19H,1H2. The number of aliphatic hydroxyl groups is 1. The van der Waals surface area contributed by atoms with Gasteiger partial charge in [-0.2, -0.15) is 13.2 Å². The number of benzene rings is 1. The van der Waals surface area contributed by atoms with Crippen molar-refractivity contribution in [3.05, 3.63) is 60.2 Å². The van der Waals surface area contributed by atoms with Crippen molar-refractivity contribution in [2.75, 3.05) is 0 Å². The predicted octanol–water partition coefficient (Wildman–Crippen LogP) is 3.08. The van der Waals surface area contributed by atoms with Crippen molar-refractivity contribution in [1.29, 1.82) is 0 Å². The Morgan fingerprint density at radius 1 is 1.37 bits per heavy atom. The van der Waals surface area contributed by atoms with Crippen LogP contribution < -0.4 is 0 Å². The molecule has 2 rings (SSSR count). The first kappa shape index (κ1) is 13.4. The van der Waals surface area contributed by atoms with E-state index in [1.54, 1.807) is 6.20 Å². The summed E-state index contributed by atoms with van der Waals surface area (Å²) >= 11 is 0. The van der Waals surface area contributed by atoms with E-state index in [0.717, 1.165) is 12.1 Å². The summed E-state index contributed by atoms with van der Waals surface area (Å²) in [5.41, 5.74) is -0.676. The van der Waals surface area contributed by atoms with Gasteiger partial charge in [0.05, 0.1) is 5.56 Å². The minimum atomic E-state index is -4.44. The van der Waals surface area contributed by atoms with Crippen LogP contribution in [0, 0.1) is 0 Å². The van der Waals surface area contributed by atoms with Gasteiger partial charge < -0.3 is 9.67 Å². The highest BCUT2D eigenvalue weighted by atomic mass is 19.4. The number of imidazole rings is 1. The van der Waals surface area contributed by atoms with Crippen LogP contribution in [0.3, 0.4) is 0 Å². The Morgan fingerprint density at radius 3 is 2.74 bits per heavy atom. The molecule has 0 fully saturated rings. The zero-order valence-electron chi connectivity index (χ0n) is 9.80. The van der Waals surface area contributed by atoms with E-state index in [-0.39, 0.29) is 11.4 Å². The molecule has 1 aromatic carbocycles. The number of aliphatic hydroxyl groups excluding tert-OH is 1. The van der Waals surface area contributed by atoms with Crippen molar-refractivity contribution in [3.63, 3.8) is 0 Å². The summed E-state index contributed by atoms with van der Waals surface area (Å²) in [6.07, 6.45) is -1.27. The van der Waals surface area contributed by atoms with Gasteiger partial charge in [0.2, 0.25) is 0 Å². The van der Waals surface area contributed by atoms with Crippen molar-refractivity contribution in [2.24, 2.45) is 0 Å². The molecule has 1 aromatic heterocycles. The molecule has 2 aromatic rings. The summed E-state index contributed by atoms with van der Waals surface area (Å²) in [6.45, 7) is 3.53. The van der Waals surface area contributed by atoms with Crippen LogP contribution in [0.2, 0.25) is 0 Å². The van der Waals surface area contributed by atoms with Crippen molar-refractivity contribution in [2.45, 2.75) is 12.3 Å². The Bertz CT molecular complexity index is 590. The lowest BCUT2D eigenvalue weighted by Crippen LogP contribution is -2.09. The zero-order chi connectivity index (χ0) is 14.0. The van der Waals surface area contributed by atoms with Gasteiger partial charge in [-0.3, -0.25) is 0 Å². The van der Waals surface area contributed by atoms with E-state index in [4.69, 9.17) is 0 Å². The lowest BCUT2D eigenvalue weighted by molar-refractivity contribution is -0.137. The Kier molecular flexibility index (Phi) is 3.44. The number of nitrogens with zero attached hydrogens (tertiary/aromatic N) is 2. The molecule has 0 aliphatic rings. The van der Waals surface area contributed by atoms with Gasteiger partial charge in [0, 0.05) is 18.6 Å². The molecular formula is C13H11F3N2O. The fourth-order valence-corrected chi connectivity index (χ4v) is 1.72. The third-order valence-corrected chi connectivity index (χ3v) is 2.67. The average molecular weight is 268 g/mol. The Hall–Kier alpha value is -2.08. The molecule has 3 nitrogen and oxygen atoms in total. The average Bonchev–Trinajstić information content (AvgIpc) is 2.85. The topological polar surface area (TPSA) is 38.0 Å². The first-order chi connectivity index (χ1) is 8.93. The Morgan fingerprint density at radius 2 is 2.11 bits per heavy atom. The van der Waals surface area contributed by atoms with E-state index < -0.39 is 17.8 Å². The normalized spacial score (nSPS) is 13.3. The zero-order valence-corrected chi connectivity index (χ0v) is 9.80. The van der Waals surface area contributed by atoms with Crippen LogP contribution in [0.25, 0.3) is 6.20 Å². The van der Waals surface area contributed by atoms with Gasteiger partial charge in [-0.15, -0.1) is 0 Å². The predicted molar refractivity (Wildman–Crippen MR) is 64.1 cm³/mol. The molecule has 0 aliphatic heterocycles. The maximum absolute atomic E-state index is 12.6. The van der Waals surface area contributed by atoms with Crippen LogP contribution in [0.15, 0.2) is 43.2 Å². The van der Waals surface area contributed by atoms with Crippen LogP contribution in [0.1, 0.15) is 23.1 Å². The maximum atomic E-state index is 12.6. The minimum absolute atomic E-state index is 0.129. The molecule has 100 valence electrons. The molecule has 1 atom stereocenters.